The Hall–Kier alpha value is -0.800. The maximum Gasteiger partial charge on any atom is 0.129 e. The predicted octanol–water partition coefficient (Wildman–Crippen LogP) is 4.17. The first-order valence-corrected chi connectivity index (χ1v) is 8.72. The SMILES string of the molecule is CCCOC1CCCN(c2cc(CCl)cc(CCC)n2)C1. The second-order valence-corrected chi connectivity index (χ2v) is 6.06. The number of ether oxygens (including phenoxy) is 1. The van der Waals surface area contributed by atoms with Crippen LogP contribution in [0.3, 0.4) is 0 Å². The van der Waals surface area contributed by atoms with Crippen LogP contribution in [0.25, 0.3) is 0 Å². The zero-order valence-electron chi connectivity index (χ0n) is 13.3. The number of hydrogen-bond donors (Lipinski definition) is 0. The van der Waals surface area contributed by atoms with E-state index in [0.717, 1.165) is 56.9 Å². The van der Waals surface area contributed by atoms with Gasteiger partial charge >= 0.3 is 0 Å². The van der Waals surface area contributed by atoms with Gasteiger partial charge in [-0.1, -0.05) is 20.3 Å². The molecular formula is C17H27ClN2O. The molecule has 1 unspecified atom stereocenters. The summed E-state index contributed by atoms with van der Waals surface area (Å²) in [5, 5.41) is 0. The quantitative estimate of drug-likeness (QED) is 0.707. The van der Waals surface area contributed by atoms with E-state index in [1.54, 1.807) is 0 Å². The summed E-state index contributed by atoms with van der Waals surface area (Å²) in [7, 11) is 0. The molecule has 1 fully saturated rings. The van der Waals surface area contributed by atoms with Crippen molar-refractivity contribution in [3.63, 3.8) is 0 Å². The zero-order chi connectivity index (χ0) is 15.1. The van der Waals surface area contributed by atoms with Crippen LogP contribution in [0.5, 0.6) is 0 Å². The minimum atomic E-state index is 0.342. The van der Waals surface area contributed by atoms with Crippen LogP contribution in [0.2, 0.25) is 0 Å². The average Bonchev–Trinajstić information content (AvgIpc) is 2.53. The molecule has 1 aliphatic rings. The molecule has 3 nitrogen and oxygen atoms in total. The van der Waals surface area contributed by atoms with Gasteiger partial charge in [0, 0.05) is 31.3 Å². The summed E-state index contributed by atoms with van der Waals surface area (Å²) in [5.74, 6) is 1.62. The zero-order valence-corrected chi connectivity index (χ0v) is 14.0. The third-order valence-corrected chi connectivity index (χ3v) is 4.15. The van der Waals surface area contributed by atoms with Crippen LogP contribution in [-0.2, 0) is 17.0 Å². The first-order valence-electron chi connectivity index (χ1n) is 8.19. The van der Waals surface area contributed by atoms with Gasteiger partial charge in [-0.15, -0.1) is 11.6 Å². The Balaban J connectivity index is 2.10. The van der Waals surface area contributed by atoms with Gasteiger partial charge in [0.1, 0.15) is 5.82 Å². The standard InChI is InChI=1S/C17H27ClN2O/c1-3-6-15-10-14(12-18)11-17(19-15)20-8-5-7-16(13-20)21-9-4-2/h10-11,16H,3-9,12-13H2,1-2H3. The normalized spacial score (nSPS) is 19.0. The Bertz CT molecular complexity index is 439. The summed E-state index contributed by atoms with van der Waals surface area (Å²) in [6.45, 7) is 7.21. The van der Waals surface area contributed by atoms with Crippen LogP contribution in [0, 0.1) is 0 Å². The monoisotopic (exact) mass is 310 g/mol. The van der Waals surface area contributed by atoms with E-state index in [-0.39, 0.29) is 0 Å². The second kappa shape index (κ2) is 8.60. The van der Waals surface area contributed by atoms with Crippen molar-refractivity contribution >= 4 is 17.4 Å². The Morgan fingerprint density at radius 2 is 2.19 bits per heavy atom. The topological polar surface area (TPSA) is 25.4 Å². The van der Waals surface area contributed by atoms with Gasteiger partial charge < -0.3 is 9.64 Å². The third kappa shape index (κ3) is 4.86. The van der Waals surface area contributed by atoms with E-state index in [1.807, 2.05) is 0 Å². The van der Waals surface area contributed by atoms with Crippen molar-refractivity contribution in [3.8, 4) is 0 Å². The van der Waals surface area contributed by atoms with Gasteiger partial charge in [-0.05, 0) is 43.4 Å². The molecule has 1 atom stereocenters. The molecule has 0 aliphatic carbocycles. The van der Waals surface area contributed by atoms with E-state index in [4.69, 9.17) is 21.3 Å². The molecule has 1 aromatic heterocycles. The van der Waals surface area contributed by atoms with Crippen molar-refractivity contribution in [3.05, 3.63) is 23.4 Å². The van der Waals surface area contributed by atoms with Crippen LogP contribution in [-0.4, -0.2) is 30.8 Å². The van der Waals surface area contributed by atoms with Crippen molar-refractivity contribution in [2.24, 2.45) is 0 Å². The highest BCUT2D eigenvalue weighted by atomic mass is 35.5. The van der Waals surface area contributed by atoms with Gasteiger partial charge in [-0.25, -0.2) is 4.98 Å². The van der Waals surface area contributed by atoms with E-state index in [1.165, 1.54) is 12.0 Å². The molecule has 4 heteroatoms. The molecule has 0 spiro atoms. The van der Waals surface area contributed by atoms with E-state index < -0.39 is 0 Å². The third-order valence-electron chi connectivity index (χ3n) is 3.84. The molecule has 0 radical (unpaired) electrons. The predicted molar refractivity (Wildman–Crippen MR) is 89.3 cm³/mol. The number of alkyl halides is 1. The summed E-state index contributed by atoms with van der Waals surface area (Å²) in [6, 6.07) is 4.27. The molecule has 0 aromatic carbocycles. The molecule has 2 heterocycles. The minimum absolute atomic E-state index is 0.342. The molecule has 21 heavy (non-hydrogen) atoms. The number of piperidine rings is 1. The van der Waals surface area contributed by atoms with Crippen LogP contribution >= 0.6 is 11.6 Å². The van der Waals surface area contributed by atoms with Crippen LogP contribution in [0.4, 0.5) is 5.82 Å². The smallest absolute Gasteiger partial charge is 0.129 e. The van der Waals surface area contributed by atoms with Crippen LogP contribution in [0.15, 0.2) is 12.1 Å². The van der Waals surface area contributed by atoms with Crippen molar-refractivity contribution in [1.82, 2.24) is 4.98 Å². The Morgan fingerprint density at radius 1 is 1.33 bits per heavy atom. The molecule has 0 bridgehead atoms. The number of aryl methyl sites for hydroxylation is 1. The molecular weight excluding hydrogens is 284 g/mol. The average molecular weight is 311 g/mol. The first-order chi connectivity index (χ1) is 10.3. The highest BCUT2D eigenvalue weighted by Gasteiger charge is 2.21. The van der Waals surface area contributed by atoms with Crippen molar-refractivity contribution in [1.29, 1.82) is 0 Å². The molecule has 118 valence electrons. The summed E-state index contributed by atoms with van der Waals surface area (Å²) >= 11 is 6.04. The Kier molecular flexibility index (Phi) is 6.78. The van der Waals surface area contributed by atoms with Crippen LogP contribution in [0.1, 0.15) is 50.8 Å². The molecule has 2 rings (SSSR count). The number of anilines is 1. The lowest BCUT2D eigenvalue weighted by molar-refractivity contribution is 0.0439. The fourth-order valence-corrected chi connectivity index (χ4v) is 2.98. The molecule has 0 N–H and O–H groups in total. The van der Waals surface area contributed by atoms with Gasteiger partial charge in [0.25, 0.3) is 0 Å². The van der Waals surface area contributed by atoms with E-state index in [9.17, 15) is 0 Å². The van der Waals surface area contributed by atoms with Crippen molar-refractivity contribution < 1.29 is 4.74 Å². The maximum atomic E-state index is 6.04. The van der Waals surface area contributed by atoms with E-state index in [0.29, 0.717) is 12.0 Å². The molecule has 1 saturated heterocycles. The summed E-state index contributed by atoms with van der Waals surface area (Å²) in [4.78, 5) is 7.18. The summed E-state index contributed by atoms with van der Waals surface area (Å²) < 4.78 is 5.92. The van der Waals surface area contributed by atoms with Gasteiger partial charge in [0.2, 0.25) is 0 Å². The maximum absolute atomic E-state index is 6.04. The number of hydrogen-bond acceptors (Lipinski definition) is 3. The fourth-order valence-electron chi connectivity index (χ4n) is 2.82. The van der Waals surface area contributed by atoms with Gasteiger partial charge in [0.15, 0.2) is 0 Å². The first kappa shape index (κ1) is 16.6. The Labute approximate surface area is 133 Å². The lowest BCUT2D eigenvalue weighted by Crippen LogP contribution is -2.40. The molecule has 0 amide bonds. The van der Waals surface area contributed by atoms with E-state index >= 15 is 0 Å². The number of halogens is 1. The van der Waals surface area contributed by atoms with E-state index in [2.05, 4.69) is 30.9 Å². The number of pyridine rings is 1. The lowest BCUT2D eigenvalue weighted by Gasteiger charge is -2.34. The Morgan fingerprint density at radius 3 is 2.90 bits per heavy atom. The highest BCUT2D eigenvalue weighted by molar-refractivity contribution is 6.17. The molecule has 0 saturated carbocycles. The second-order valence-electron chi connectivity index (χ2n) is 5.79. The highest BCUT2D eigenvalue weighted by Crippen LogP contribution is 2.22. The van der Waals surface area contributed by atoms with Gasteiger partial charge in [-0.2, -0.15) is 0 Å². The number of nitrogens with zero attached hydrogens (tertiary/aromatic N) is 2. The largest absolute Gasteiger partial charge is 0.376 e. The minimum Gasteiger partial charge on any atom is -0.376 e. The summed E-state index contributed by atoms with van der Waals surface area (Å²) in [6.07, 6.45) is 5.88. The summed E-state index contributed by atoms with van der Waals surface area (Å²) in [5.41, 5.74) is 2.32. The number of aromatic nitrogens is 1. The molecule has 1 aliphatic heterocycles. The fraction of sp³-hybridized carbons (Fsp3) is 0.706. The molecule has 1 aromatic rings. The van der Waals surface area contributed by atoms with Crippen molar-refractivity contribution in [2.75, 3.05) is 24.6 Å². The lowest BCUT2D eigenvalue weighted by atomic mass is 10.1. The van der Waals surface area contributed by atoms with Gasteiger partial charge in [0.05, 0.1) is 6.10 Å². The number of rotatable bonds is 7. The van der Waals surface area contributed by atoms with Gasteiger partial charge in [-0.3, -0.25) is 0 Å². The van der Waals surface area contributed by atoms with Crippen molar-refractivity contribution in [2.45, 2.75) is 57.9 Å². The van der Waals surface area contributed by atoms with Crippen LogP contribution < -0.4 is 4.90 Å².